The van der Waals surface area contributed by atoms with E-state index in [1.807, 2.05) is 37.5 Å². The summed E-state index contributed by atoms with van der Waals surface area (Å²) in [5, 5.41) is 0. The highest BCUT2D eigenvalue weighted by molar-refractivity contribution is 5.65. The molecule has 0 N–H and O–H groups in total. The Morgan fingerprint density at radius 1 is 1.10 bits per heavy atom. The van der Waals surface area contributed by atoms with Crippen molar-refractivity contribution < 1.29 is 7.31 Å². The average molecular weight is 282 g/mol. The quantitative estimate of drug-likeness (QED) is 0.724. The fourth-order valence-corrected chi connectivity index (χ4v) is 3.38. The number of hydrogen-bond donors (Lipinski definition) is 0. The van der Waals surface area contributed by atoms with Gasteiger partial charge in [0.1, 0.15) is 7.05 Å². The molecule has 1 heterocycles. The van der Waals surface area contributed by atoms with Gasteiger partial charge in [0.25, 0.3) is 0 Å². The van der Waals surface area contributed by atoms with Gasteiger partial charge in [-0.15, -0.1) is 0 Å². The summed E-state index contributed by atoms with van der Waals surface area (Å²) >= 11 is 0. The predicted octanol–water partition coefficient (Wildman–Crippen LogP) is 4.61. The molecule has 0 atom stereocenters. The smallest absolute Gasteiger partial charge is 0.201 e. The fraction of sp³-hybridized carbons (Fsp3) is 0.450. The van der Waals surface area contributed by atoms with Crippen molar-refractivity contribution in [3.05, 3.63) is 53.7 Å². The molecule has 1 aliphatic rings. The van der Waals surface area contributed by atoms with E-state index in [0.29, 0.717) is 0 Å². The number of aromatic nitrogens is 1. The second-order valence-corrected chi connectivity index (χ2v) is 6.17. The topological polar surface area (TPSA) is 3.88 Å². The molecular formula is C20H26N+. The molecule has 0 spiro atoms. The molecule has 3 rings (SSSR count). The van der Waals surface area contributed by atoms with Crippen molar-refractivity contribution in [3.8, 4) is 11.3 Å². The van der Waals surface area contributed by atoms with Gasteiger partial charge in [-0.1, -0.05) is 50.3 Å². The van der Waals surface area contributed by atoms with Crippen molar-refractivity contribution in [1.29, 1.82) is 0 Å². The van der Waals surface area contributed by atoms with Crippen LogP contribution in [0.1, 0.15) is 46.0 Å². The number of rotatable bonds is 3. The van der Waals surface area contributed by atoms with Gasteiger partial charge in [-0.2, -0.15) is 0 Å². The van der Waals surface area contributed by atoms with E-state index < -0.39 is 6.37 Å². The minimum atomic E-state index is -1.27. The van der Waals surface area contributed by atoms with E-state index in [0.717, 1.165) is 48.1 Å². The first kappa shape index (κ1) is 12.0. The lowest BCUT2D eigenvalue weighted by atomic mass is 9.83. The molecule has 0 radical (unpaired) electrons. The first-order chi connectivity index (χ1) is 11.0. The molecule has 1 aromatic carbocycles. The van der Waals surface area contributed by atoms with Crippen molar-refractivity contribution >= 4 is 0 Å². The summed E-state index contributed by atoms with van der Waals surface area (Å²) in [5.41, 5.74) is 4.14. The highest BCUT2D eigenvalue weighted by Gasteiger charge is 2.20. The third kappa shape index (κ3) is 3.18. The van der Waals surface area contributed by atoms with E-state index in [2.05, 4.69) is 23.6 Å². The Bertz CT molecular complexity index is 688. The molecule has 0 aliphatic heterocycles. The van der Waals surface area contributed by atoms with E-state index in [-0.39, 0.29) is 5.92 Å². The predicted molar refractivity (Wildman–Crippen MR) is 88.1 cm³/mol. The summed E-state index contributed by atoms with van der Waals surface area (Å²) in [6.45, 7) is 2.09. The molecule has 0 bridgehead atoms. The number of pyridine rings is 1. The Hall–Kier alpha value is -1.63. The minimum Gasteiger partial charge on any atom is -0.201 e. The molecule has 1 nitrogen and oxygen atoms in total. The van der Waals surface area contributed by atoms with Crippen LogP contribution in [0.5, 0.6) is 0 Å². The highest BCUT2D eigenvalue weighted by Crippen LogP contribution is 2.31. The average Bonchev–Trinajstić information content (AvgIpc) is 2.56. The van der Waals surface area contributed by atoms with E-state index in [4.69, 9.17) is 2.74 Å². The van der Waals surface area contributed by atoms with Crippen LogP contribution in [0.2, 0.25) is 0 Å². The van der Waals surface area contributed by atoms with Gasteiger partial charge in [0.15, 0.2) is 6.20 Å². The Morgan fingerprint density at radius 2 is 1.90 bits per heavy atom. The Balaban J connectivity index is 2.13. The summed E-state index contributed by atoms with van der Waals surface area (Å²) in [6, 6.07) is 12.2. The van der Waals surface area contributed by atoms with Gasteiger partial charge in [-0.3, -0.25) is 0 Å². The molecular weight excluding hydrogens is 254 g/mol. The summed E-state index contributed by atoms with van der Waals surface area (Å²) in [7, 11) is 2.03. The Labute approximate surface area is 131 Å². The maximum atomic E-state index is 8.88. The van der Waals surface area contributed by atoms with Crippen LogP contribution >= 0.6 is 0 Å². The van der Waals surface area contributed by atoms with Crippen LogP contribution < -0.4 is 4.57 Å². The van der Waals surface area contributed by atoms with E-state index in [9.17, 15) is 0 Å². The Morgan fingerprint density at radius 3 is 2.67 bits per heavy atom. The zero-order valence-corrected chi connectivity index (χ0v) is 13.1. The van der Waals surface area contributed by atoms with E-state index in [1.54, 1.807) is 0 Å². The zero-order valence-electron chi connectivity index (χ0n) is 15.1. The van der Waals surface area contributed by atoms with E-state index in [1.165, 1.54) is 6.42 Å². The number of hydrogen-bond acceptors (Lipinski definition) is 0. The molecule has 0 unspecified atom stereocenters. The summed E-state index contributed by atoms with van der Waals surface area (Å²) in [5.74, 6) is 0.130. The van der Waals surface area contributed by atoms with Gasteiger partial charge in [-0.25, -0.2) is 4.57 Å². The van der Waals surface area contributed by atoms with Crippen molar-refractivity contribution in [2.45, 2.75) is 45.4 Å². The van der Waals surface area contributed by atoms with Crippen molar-refractivity contribution in [2.75, 3.05) is 0 Å². The van der Waals surface area contributed by atoms with Gasteiger partial charge in [0, 0.05) is 14.9 Å². The number of benzene rings is 1. The lowest BCUT2D eigenvalue weighted by Gasteiger charge is -2.23. The second-order valence-electron chi connectivity index (χ2n) is 6.17. The molecule has 110 valence electrons. The van der Waals surface area contributed by atoms with Gasteiger partial charge >= 0.3 is 0 Å². The maximum absolute atomic E-state index is 8.88. The van der Waals surface area contributed by atoms with Crippen molar-refractivity contribution in [3.63, 3.8) is 0 Å². The Kier molecular flexibility index (Phi) is 3.66. The van der Waals surface area contributed by atoms with Crippen LogP contribution in [0.15, 0.2) is 42.6 Å². The minimum absolute atomic E-state index is 0.130. The molecule has 1 heteroatoms. The van der Waals surface area contributed by atoms with Crippen LogP contribution in [0.3, 0.4) is 0 Å². The number of nitrogens with zero attached hydrogens (tertiary/aromatic N) is 1. The first-order valence-corrected chi connectivity index (χ1v) is 8.07. The van der Waals surface area contributed by atoms with Gasteiger partial charge in [0.05, 0.1) is 5.56 Å². The van der Waals surface area contributed by atoms with Crippen LogP contribution in [0.4, 0.5) is 0 Å². The normalized spacial score (nSPS) is 18.2. The summed E-state index contributed by atoms with van der Waals surface area (Å²) < 4.78 is 19.8. The van der Waals surface area contributed by atoms with Gasteiger partial charge in [-0.05, 0) is 36.4 Å². The van der Waals surface area contributed by atoms with Crippen LogP contribution in [-0.2, 0) is 13.4 Å². The van der Waals surface area contributed by atoms with Gasteiger partial charge < -0.3 is 0 Å². The molecule has 1 aromatic heterocycles. The monoisotopic (exact) mass is 282 g/mol. The maximum Gasteiger partial charge on any atom is 0.212 e. The lowest BCUT2D eigenvalue weighted by Crippen LogP contribution is -2.30. The molecule has 1 fully saturated rings. The van der Waals surface area contributed by atoms with Crippen molar-refractivity contribution in [2.24, 2.45) is 13.0 Å². The molecule has 1 aliphatic carbocycles. The van der Waals surface area contributed by atoms with E-state index >= 15 is 0 Å². The zero-order chi connectivity index (χ0) is 16.4. The van der Waals surface area contributed by atoms with Gasteiger partial charge in [0.2, 0.25) is 5.69 Å². The molecule has 0 amide bonds. The fourth-order valence-electron chi connectivity index (χ4n) is 3.38. The van der Waals surface area contributed by atoms with Crippen LogP contribution in [-0.4, -0.2) is 0 Å². The lowest BCUT2D eigenvalue weighted by molar-refractivity contribution is -0.660. The summed E-state index contributed by atoms with van der Waals surface area (Å²) in [6.07, 6.45) is 6.32. The summed E-state index contributed by atoms with van der Waals surface area (Å²) in [4.78, 5) is 0. The van der Waals surface area contributed by atoms with Crippen LogP contribution in [0.25, 0.3) is 11.3 Å². The number of aryl methyl sites for hydroxylation is 2. The SMILES string of the molecule is [2H]C([2H])(c1cccc(C)c1-c1cccc[n+]1C)C1CCCCC1. The third-order valence-corrected chi connectivity index (χ3v) is 4.55. The third-order valence-electron chi connectivity index (χ3n) is 4.55. The second kappa shape index (κ2) is 6.43. The highest BCUT2D eigenvalue weighted by atomic mass is 14.9. The molecule has 1 saturated carbocycles. The molecule has 2 aromatic rings. The first-order valence-electron chi connectivity index (χ1n) is 9.07. The molecule has 0 saturated heterocycles. The van der Waals surface area contributed by atoms with Crippen molar-refractivity contribution in [1.82, 2.24) is 0 Å². The molecule has 21 heavy (non-hydrogen) atoms. The standard InChI is InChI=1S/C20H26N/c1-16-9-8-12-18(15-17-10-4-3-5-11-17)20(16)19-13-6-7-14-21(19)2/h6-9,12-14,17H,3-5,10-11,15H2,1-2H3/q+1/i15D2. The van der Waals surface area contributed by atoms with Crippen LogP contribution in [0, 0.1) is 12.8 Å². The largest absolute Gasteiger partial charge is 0.212 e.